The summed E-state index contributed by atoms with van der Waals surface area (Å²) in [5.74, 6) is -0.506. The minimum absolute atomic E-state index is 0.00182. The molecule has 0 unspecified atom stereocenters. The van der Waals surface area contributed by atoms with Gasteiger partial charge in [0.25, 0.3) is 5.91 Å². The normalized spacial score (nSPS) is 11.7. The molecule has 0 aliphatic carbocycles. The van der Waals surface area contributed by atoms with Gasteiger partial charge in [0.2, 0.25) is 0 Å². The summed E-state index contributed by atoms with van der Waals surface area (Å²) in [5, 5.41) is 3.18. The van der Waals surface area contributed by atoms with Crippen LogP contribution in [-0.2, 0) is 23.9 Å². The van der Waals surface area contributed by atoms with Crippen LogP contribution in [0.25, 0.3) is 11.0 Å². The zero-order valence-electron chi connectivity index (χ0n) is 16.4. The van der Waals surface area contributed by atoms with Gasteiger partial charge in [0.15, 0.2) is 9.84 Å². The van der Waals surface area contributed by atoms with Crippen LogP contribution >= 0.6 is 11.6 Å². The van der Waals surface area contributed by atoms with Crippen molar-refractivity contribution in [3.63, 3.8) is 0 Å². The summed E-state index contributed by atoms with van der Waals surface area (Å²) < 4.78 is 28.7. The maximum absolute atomic E-state index is 13.0. The lowest BCUT2D eigenvalue weighted by Gasteiger charge is -2.13. The molecule has 1 heterocycles. The summed E-state index contributed by atoms with van der Waals surface area (Å²) in [4.78, 5) is 25.0. The van der Waals surface area contributed by atoms with Crippen molar-refractivity contribution >= 4 is 44.1 Å². The Labute approximate surface area is 173 Å². The number of aromatic nitrogens is 2. The third kappa shape index (κ3) is 4.09. The number of halogens is 1. The number of amides is 1. The van der Waals surface area contributed by atoms with Gasteiger partial charge in [-0.05, 0) is 42.8 Å². The van der Waals surface area contributed by atoms with Gasteiger partial charge in [0.05, 0.1) is 27.4 Å². The number of nitrogens with zero attached hydrogens (tertiary/aromatic N) is 2. The van der Waals surface area contributed by atoms with Gasteiger partial charge >= 0.3 is 5.69 Å². The van der Waals surface area contributed by atoms with E-state index in [2.05, 4.69) is 5.32 Å². The minimum atomic E-state index is -3.66. The minimum Gasteiger partial charge on any atom is -0.321 e. The molecule has 3 rings (SSSR count). The summed E-state index contributed by atoms with van der Waals surface area (Å²) in [6, 6.07) is 9.26. The molecule has 0 spiro atoms. The molecule has 1 amide bonds. The number of benzene rings is 2. The number of fused-ring (bicyclic) bond motifs is 1. The summed E-state index contributed by atoms with van der Waals surface area (Å²) in [5.41, 5.74) is 1.22. The largest absolute Gasteiger partial charge is 0.328 e. The molecule has 0 aliphatic heterocycles. The molecule has 0 aliphatic rings. The van der Waals surface area contributed by atoms with Crippen LogP contribution in [0.5, 0.6) is 0 Å². The van der Waals surface area contributed by atoms with Gasteiger partial charge in [-0.15, -0.1) is 0 Å². The molecule has 7 nitrogen and oxygen atoms in total. The fourth-order valence-corrected chi connectivity index (χ4v) is 4.87. The lowest BCUT2D eigenvalue weighted by Crippen LogP contribution is -2.19. The molecule has 0 radical (unpaired) electrons. The molecule has 2 aromatic carbocycles. The predicted octanol–water partition coefficient (Wildman–Crippen LogP) is 3.36. The van der Waals surface area contributed by atoms with Gasteiger partial charge in [-0.1, -0.05) is 24.9 Å². The van der Waals surface area contributed by atoms with E-state index in [-0.39, 0.29) is 22.0 Å². The van der Waals surface area contributed by atoms with Crippen LogP contribution in [-0.4, -0.2) is 29.2 Å². The number of carbonyl (C=O) groups is 1. The van der Waals surface area contributed by atoms with E-state index in [9.17, 15) is 18.0 Å². The highest BCUT2D eigenvalue weighted by Gasteiger charge is 2.23. The molecule has 0 bridgehead atoms. The summed E-state index contributed by atoms with van der Waals surface area (Å²) in [7, 11) is -0.480. The first-order valence-electron chi connectivity index (χ1n) is 9.15. The SMILES string of the molecule is CCCCS(=O)(=O)c1cc2c(cc1NC(=O)c1ccc(Cl)cc1)n(C)c(=O)n2C. The van der Waals surface area contributed by atoms with Crippen LogP contribution in [0.2, 0.25) is 5.02 Å². The fraction of sp³-hybridized carbons (Fsp3) is 0.300. The fourth-order valence-electron chi connectivity index (χ4n) is 3.12. The first-order chi connectivity index (χ1) is 13.7. The van der Waals surface area contributed by atoms with Crippen LogP contribution < -0.4 is 11.0 Å². The first kappa shape index (κ1) is 21.1. The Morgan fingerprint density at radius 3 is 2.24 bits per heavy atom. The van der Waals surface area contributed by atoms with Crippen LogP contribution in [0, 0.1) is 0 Å². The van der Waals surface area contributed by atoms with E-state index in [4.69, 9.17) is 11.6 Å². The highest BCUT2D eigenvalue weighted by molar-refractivity contribution is 7.91. The number of imidazole rings is 1. The van der Waals surface area contributed by atoms with Crippen LogP contribution in [0.15, 0.2) is 46.1 Å². The first-order valence-corrected chi connectivity index (χ1v) is 11.2. The zero-order chi connectivity index (χ0) is 21.3. The van der Waals surface area contributed by atoms with Crippen molar-refractivity contribution < 1.29 is 13.2 Å². The van der Waals surface area contributed by atoms with Crippen LogP contribution in [0.1, 0.15) is 30.1 Å². The number of rotatable bonds is 6. The smallest absolute Gasteiger partial charge is 0.321 e. The number of sulfone groups is 1. The number of hydrogen-bond acceptors (Lipinski definition) is 4. The number of nitrogens with one attached hydrogen (secondary N) is 1. The Balaban J connectivity index is 2.16. The molecule has 1 aromatic heterocycles. The average Bonchev–Trinajstić information content (AvgIpc) is 2.90. The Hall–Kier alpha value is -2.58. The van der Waals surface area contributed by atoms with Gasteiger partial charge in [-0.3, -0.25) is 13.9 Å². The van der Waals surface area contributed by atoms with Gasteiger partial charge < -0.3 is 5.32 Å². The maximum Gasteiger partial charge on any atom is 0.328 e. The van der Waals surface area contributed by atoms with E-state index in [0.29, 0.717) is 28.0 Å². The lowest BCUT2D eigenvalue weighted by atomic mass is 10.2. The quantitative estimate of drug-likeness (QED) is 0.642. The Kier molecular flexibility index (Phi) is 5.86. The zero-order valence-corrected chi connectivity index (χ0v) is 18.0. The van der Waals surface area contributed by atoms with E-state index < -0.39 is 15.7 Å². The van der Waals surface area contributed by atoms with E-state index >= 15 is 0 Å². The molecule has 0 saturated carbocycles. The number of anilines is 1. The van der Waals surface area contributed by atoms with Gasteiger partial charge in [-0.2, -0.15) is 0 Å². The average molecular weight is 436 g/mol. The Morgan fingerprint density at radius 2 is 1.66 bits per heavy atom. The second-order valence-electron chi connectivity index (χ2n) is 6.87. The van der Waals surface area contributed by atoms with Crippen molar-refractivity contribution in [3.8, 4) is 0 Å². The Bertz CT molecular complexity index is 1240. The molecular formula is C20H22ClN3O4S. The Morgan fingerprint density at radius 1 is 1.07 bits per heavy atom. The highest BCUT2D eigenvalue weighted by Crippen LogP contribution is 2.29. The van der Waals surface area contributed by atoms with Crippen LogP contribution in [0.4, 0.5) is 5.69 Å². The number of unbranched alkanes of at least 4 members (excludes halogenated alkanes) is 1. The number of aryl methyl sites for hydroxylation is 2. The van der Waals surface area contributed by atoms with Crippen molar-refractivity contribution in [2.24, 2.45) is 14.1 Å². The van der Waals surface area contributed by atoms with Crippen molar-refractivity contribution in [3.05, 3.63) is 57.5 Å². The summed E-state index contributed by atoms with van der Waals surface area (Å²) >= 11 is 5.86. The van der Waals surface area contributed by atoms with E-state index in [1.165, 1.54) is 21.3 Å². The predicted molar refractivity (Wildman–Crippen MR) is 115 cm³/mol. The van der Waals surface area contributed by atoms with Gasteiger partial charge in [-0.25, -0.2) is 13.2 Å². The molecule has 3 aromatic rings. The van der Waals surface area contributed by atoms with Gasteiger partial charge in [0, 0.05) is 24.7 Å². The molecule has 154 valence electrons. The van der Waals surface area contributed by atoms with Crippen molar-refractivity contribution in [1.82, 2.24) is 9.13 Å². The van der Waals surface area contributed by atoms with E-state index in [1.807, 2.05) is 6.92 Å². The number of hydrogen-bond donors (Lipinski definition) is 1. The monoisotopic (exact) mass is 435 g/mol. The van der Waals surface area contributed by atoms with Crippen molar-refractivity contribution in [1.29, 1.82) is 0 Å². The molecular weight excluding hydrogens is 414 g/mol. The molecule has 29 heavy (non-hydrogen) atoms. The molecule has 0 saturated heterocycles. The molecule has 1 N–H and O–H groups in total. The van der Waals surface area contributed by atoms with Crippen molar-refractivity contribution in [2.75, 3.05) is 11.1 Å². The standard InChI is InChI=1S/C20H22ClN3O4S/c1-4-5-10-29(27,28)18-12-17-16(23(2)20(26)24(17)3)11-15(18)22-19(25)13-6-8-14(21)9-7-13/h6-9,11-12H,4-5,10H2,1-3H3,(H,22,25). The van der Waals surface area contributed by atoms with Crippen LogP contribution in [0.3, 0.4) is 0 Å². The highest BCUT2D eigenvalue weighted by atomic mass is 35.5. The third-order valence-corrected chi connectivity index (χ3v) is 6.92. The topological polar surface area (TPSA) is 90.2 Å². The van der Waals surface area contributed by atoms with E-state index in [1.54, 1.807) is 38.4 Å². The summed E-state index contributed by atoms with van der Waals surface area (Å²) in [6.45, 7) is 1.91. The van der Waals surface area contributed by atoms with Gasteiger partial charge in [0.1, 0.15) is 0 Å². The molecule has 9 heteroatoms. The number of carbonyl (C=O) groups excluding carboxylic acids is 1. The second kappa shape index (κ2) is 8.04. The third-order valence-electron chi connectivity index (χ3n) is 4.83. The molecule has 0 atom stereocenters. The molecule has 0 fully saturated rings. The maximum atomic E-state index is 13.0. The lowest BCUT2D eigenvalue weighted by molar-refractivity contribution is 0.102. The second-order valence-corrected chi connectivity index (χ2v) is 9.39. The van der Waals surface area contributed by atoms with Crippen molar-refractivity contribution in [2.45, 2.75) is 24.7 Å². The van der Waals surface area contributed by atoms with E-state index in [0.717, 1.165) is 6.42 Å². The summed E-state index contributed by atoms with van der Waals surface area (Å²) in [6.07, 6.45) is 1.22.